The van der Waals surface area contributed by atoms with Crippen LogP contribution in [0.2, 0.25) is 0 Å². The first-order valence-electron chi connectivity index (χ1n) is 6.93. The predicted octanol–water partition coefficient (Wildman–Crippen LogP) is 0.337. The van der Waals surface area contributed by atoms with Crippen molar-refractivity contribution in [1.29, 1.82) is 0 Å². The Hall–Kier alpha value is -2.28. The summed E-state index contributed by atoms with van der Waals surface area (Å²) < 4.78 is 15.0. The number of nitrogens with one attached hydrogen (secondary N) is 2. The minimum Gasteiger partial charge on any atom is -0.497 e. The van der Waals surface area contributed by atoms with Crippen LogP contribution in [0.5, 0.6) is 11.5 Å². The summed E-state index contributed by atoms with van der Waals surface area (Å²) in [7, 11) is 4.39. The van der Waals surface area contributed by atoms with Crippen LogP contribution >= 0.6 is 0 Å². The lowest BCUT2D eigenvalue weighted by Crippen LogP contribution is -2.36. The molecule has 0 aliphatic carbocycles. The van der Waals surface area contributed by atoms with Gasteiger partial charge in [0, 0.05) is 18.7 Å². The van der Waals surface area contributed by atoms with E-state index in [0.717, 1.165) is 0 Å². The first-order valence-corrected chi connectivity index (χ1v) is 6.93. The van der Waals surface area contributed by atoms with Gasteiger partial charge in [0.15, 0.2) is 0 Å². The van der Waals surface area contributed by atoms with Gasteiger partial charge in [0.25, 0.3) is 5.91 Å². The summed E-state index contributed by atoms with van der Waals surface area (Å²) in [6, 6.07) is 4.48. The Morgan fingerprint density at radius 2 is 2.00 bits per heavy atom. The highest BCUT2D eigenvalue weighted by atomic mass is 16.5. The molecule has 120 valence electrons. The van der Waals surface area contributed by atoms with Crippen LogP contribution in [0.4, 0.5) is 0 Å². The Balaban J connectivity index is 2.02. The summed E-state index contributed by atoms with van der Waals surface area (Å²) in [6.07, 6.45) is 0.497. The molecule has 0 spiro atoms. The molecule has 0 unspecified atom stereocenters. The van der Waals surface area contributed by atoms with Crippen molar-refractivity contribution < 1.29 is 23.8 Å². The Labute approximate surface area is 128 Å². The number of ether oxygens (including phenoxy) is 3. The molecule has 1 saturated heterocycles. The summed E-state index contributed by atoms with van der Waals surface area (Å²) in [5, 5.41) is 5.91. The molecular formula is C15H20N2O5. The van der Waals surface area contributed by atoms with Crippen LogP contribution in [0, 0.1) is 0 Å². The number of rotatable bonds is 5. The van der Waals surface area contributed by atoms with Crippen molar-refractivity contribution in [3.05, 3.63) is 23.8 Å². The SMILES string of the molecule is COC(=O)[C@H]1C[C@H](NC(=O)c2ccc(OC)cc2OC)CN1. The fraction of sp³-hybridized carbons (Fsp3) is 0.467. The highest BCUT2D eigenvalue weighted by Crippen LogP contribution is 2.24. The van der Waals surface area contributed by atoms with E-state index in [2.05, 4.69) is 15.4 Å². The topological polar surface area (TPSA) is 85.9 Å². The van der Waals surface area contributed by atoms with Gasteiger partial charge in [0.05, 0.1) is 26.9 Å². The standard InChI is InChI=1S/C15H20N2O5/c1-20-10-4-5-11(13(7-10)21-2)14(18)17-9-6-12(16-8-9)15(19)22-3/h4-5,7,9,12,16H,6,8H2,1-3H3,(H,17,18)/t9-,12+/m0/s1. The van der Waals surface area contributed by atoms with Crippen LogP contribution in [0.15, 0.2) is 18.2 Å². The Bertz CT molecular complexity index is 561. The van der Waals surface area contributed by atoms with E-state index in [1.165, 1.54) is 14.2 Å². The highest BCUT2D eigenvalue weighted by Gasteiger charge is 2.31. The van der Waals surface area contributed by atoms with Gasteiger partial charge in [-0.3, -0.25) is 9.59 Å². The summed E-state index contributed by atoms with van der Waals surface area (Å²) in [6.45, 7) is 0.518. The summed E-state index contributed by atoms with van der Waals surface area (Å²) in [5.41, 5.74) is 0.421. The molecule has 2 N–H and O–H groups in total. The number of esters is 1. The van der Waals surface area contributed by atoms with Gasteiger partial charge >= 0.3 is 5.97 Å². The molecule has 1 fully saturated rings. The molecule has 1 aliphatic rings. The largest absolute Gasteiger partial charge is 0.497 e. The lowest BCUT2D eigenvalue weighted by molar-refractivity contribution is -0.142. The first-order chi connectivity index (χ1) is 10.6. The molecule has 2 atom stereocenters. The lowest BCUT2D eigenvalue weighted by Gasteiger charge is -2.14. The molecule has 0 saturated carbocycles. The van der Waals surface area contributed by atoms with Crippen LogP contribution in [-0.4, -0.2) is 51.8 Å². The highest BCUT2D eigenvalue weighted by molar-refractivity contribution is 5.97. The smallest absolute Gasteiger partial charge is 0.322 e. The van der Waals surface area contributed by atoms with Crippen molar-refractivity contribution >= 4 is 11.9 Å². The summed E-state index contributed by atoms with van der Waals surface area (Å²) in [4.78, 5) is 23.8. The minimum atomic E-state index is -0.381. The van der Waals surface area contributed by atoms with E-state index >= 15 is 0 Å². The van der Waals surface area contributed by atoms with E-state index in [-0.39, 0.29) is 24.0 Å². The van der Waals surface area contributed by atoms with Crippen molar-refractivity contribution in [3.63, 3.8) is 0 Å². The number of hydrogen-bond acceptors (Lipinski definition) is 6. The number of carbonyl (C=O) groups is 2. The zero-order valence-electron chi connectivity index (χ0n) is 12.8. The molecule has 1 aromatic carbocycles. The molecule has 22 heavy (non-hydrogen) atoms. The maximum atomic E-state index is 12.4. The zero-order valence-corrected chi connectivity index (χ0v) is 12.8. The molecule has 1 aliphatic heterocycles. The van der Waals surface area contributed by atoms with Gasteiger partial charge in [-0.05, 0) is 18.6 Å². The van der Waals surface area contributed by atoms with E-state index in [1.54, 1.807) is 25.3 Å². The van der Waals surface area contributed by atoms with Gasteiger partial charge in [-0.15, -0.1) is 0 Å². The molecule has 0 bridgehead atoms. The number of benzene rings is 1. The van der Waals surface area contributed by atoms with Crippen molar-refractivity contribution in [2.45, 2.75) is 18.5 Å². The second-order valence-electron chi connectivity index (χ2n) is 4.96. The van der Waals surface area contributed by atoms with Gasteiger partial charge in [-0.1, -0.05) is 0 Å². The zero-order chi connectivity index (χ0) is 16.1. The van der Waals surface area contributed by atoms with E-state index in [9.17, 15) is 9.59 Å². The fourth-order valence-corrected chi connectivity index (χ4v) is 2.42. The van der Waals surface area contributed by atoms with Crippen molar-refractivity contribution in [2.75, 3.05) is 27.9 Å². The van der Waals surface area contributed by atoms with Crippen LogP contribution in [0.25, 0.3) is 0 Å². The van der Waals surface area contributed by atoms with Crippen LogP contribution in [0.1, 0.15) is 16.8 Å². The van der Waals surface area contributed by atoms with E-state index in [4.69, 9.17) is 9.47 Å². The Kier molecular flexibility index (Phi) is 5.21. The van der Waals surface area contributed by atoms with Gasteiger partial charge in [0.2, 0.25) is 0 Å². The van der Waals surface area contributed by atoms with Gasteiger partial charge in [0.1, 0.15) is 17.5 Å². The molecule has 0 radical (unpaired) electrons. The van der Waals surface area contributed by atoms with Crippen molar-refractivity contribution in [3.8, 4) is 11.5 Å². The molecule has 1 amide bonds. The number of carbonyl (C=O) groups excluding carboxylic acids is 2. The molecule has 7 nitrogen and oxygen atoms in total. The second kappa shape index (κ2) is 7.13. The van der Waals surface area contributed by atoms with Gasteiger partial charge < -0.3 is 24.8 Å². The number of amides is 1. The van der Waals surface area contributed by atoms with E-state index in [1.807, 2.05) is 0 Å². The van der Waals surface area contributed by atoms with Crippen molar-refractivity contribution in [2.24, 2.45) is 0 Å². The second-order valence-corrected chi connectivity index (χ2v) is 4.96. The quantitative estimate of drug-likeness (QED) is 0.763. The Morgan fingerprint density at radius 3 is 2.64 bits per heavy atom. The maximum Gasteiger partial charge on any atom is 0.322 e. The maximum absolute atomic E-state index is 12.4. The molecule has 2 rings (SSSR count). The molecule has 1 heterocycles. The normalized spacial score (nSPS) is 20.3. The number of hydrogen-bond donors (Lipinski definition) is 2. The molecule has 1 aromatic rings. The average molecular weight is 308 g/mol. The summed E-state index contributed by atoms with van der Waals surface area (Å²) >= 11 is 0. The number of methoxy groups -OCH3 is 3. The van der Waals surface area contributed by atoms with E-state index in [0.29, 0.717) is 30.0 Å². The first kappa shape index (κ1) is 16.1. The van der Waals surface area contributed by atoms with Crippen LogP contribution < -0.4 is 20.1 Å². The van der Waals surface area contributed by atoms with Gasteiger partial charge in [-0.25, -0.2) is 0 Å². The monoisotopic (exact) mass is 308 g/mol. The van der Waals surface area contributed by atoms with Gasteiger partial charge in [-0.2, -0.15) is 0 Å². The predicted molar refractivity (Wildman–Crippen MR) is 79.2 cm³/mol. The van der Waals surface area contributed by atoms with Crippen LogP contribution in [0.3, 0.4) is 0 Å². The molecule has 0 aromatic heterocycles. The third-order valence-electron chi connectivity index (χ3n) is 3.61. The molecule has 7 heteroatoms. The molecular weight excluding hydrogens is 288 g/mol. The fourth-order valence-electron chi connectivity index (χ4n) is 2.42. The minimum absolute atomic E-state index is 0.136. The third kappa shape index (κ3) is 3.48. The van der Waals surface area contributed by atoms with Crippen molar-refractivity contribution in [1.82, 2.24) is 10.6 Å². The third-order valence-corrected chi connectivity index (χ3v) is 3.61. The average Bonchev–Trinajstić information content (AvgIpc) is 3.01. The summed E-state index contributed by atoms with van der Waals surface area (Å²) in [5.74, 6) is 0.476. The lowest BCUT2D eigenvalue weighted by atomic mass is 10.1. The Morgan fingerprint density at radius 1 is 1.23 bits per heavy atom. The van der Waals surface area contributed by atoms with Crippen LogP contribution in [-0.2, 0) is 9.53 Å². The van der Waals surface area contributed by atoms with E-state index < -0.39 is 0 Å².